The van der Waals surface area contributed by atoms with Crippen molar-refractivity contribution >= 4 is 49.6 Å². The van der Waals surface area contributed by atoms with E-state index in [1.807, 2.05) is 0 Å². The highest BCUT2D eigenvalue weighted by atomic mass is 15.1. The second kappa shape index (κ2) is 16.8. The van der Waals surface area contributed by atoms with Crippen LogP contribution in [0.25, 0.3) is 93.9 Å². The van der Waals surface area contributed by atoms with Crippen molar-refractivity contribution in [2.24, 2.45) is 0 Å². The smallest absolute Gasteiger partial charge is 0.0619 e. The van der Waals surface area contributed by atoms with Crippen molar-refractivity contribution in [1.29, 1.82) is 0 Å². The third kappa shape index (κ3) is 7.12. The summed E-state index contributed by atoms with van der Waals surface area (Å²) in [6.45, 7) is 0. The Balaban J connectivity index is 0.943. The number of benzene rings is 11. The lowest BCUT2D eigenvalue weighted by Crippen LogP contribution is -2.10. The summed E-state index contributed by atoms with van der Waals surface area (Å²) < 4.78 is 2.43. The van der Waals surface area contributed by atoms with Crippen LogP contribution in [0.15, 0.2) is 267 Å². The second-order valence-corrected chi connectivity index (χ2v) is 16.9. The molecule has 0 radical (unpaired) electrons. The quantitative estimate of drug-likeness (QED) is 0.141. The average molecular weight is 841 g/mol. The molecule has 0 fully saturated rings. The van der Waals surface area contributed by atoms with Gasteiger partial charge in [-0.15, -0.1) is 0 Å². The maximum absolute atomic E-state index is 2.43. The Morgan fingerprint density at radius 1 is 0.258 bits per heavy atom. The van der Waals surface area contributed by atoms with Crippen LogP contribution in [0.4, 0.5) is 17.1 Å². The van der Waals surface area contributed by atoms with E-state index in [1.54, 1.807) is 0 Å². The van der Waals surface area contributed by atoms with Gasteiger partial charge < -0.3 is 9.47 Å². The lowest BCUT2D eigenvalue weighted by Gasteiger charge is -2.27. The largest absolute Gasteiger partial charge is 0.310 e. The molecule has 310 valence electrons. The molecule has 12 rings (SSSR count). The summed E-state index contributed by atoms with van der Waals surface area (Å²) in [6.07, 6.45) is 0. The van der Waals surface area contributed by atoms with Crippen LogP contribution in [0.3, 0.4) is 0 Å². The molecule has 0 unspecified atom stereocenters. The first-order valence-corrected chi connectivity index (χ1v) is 22.7. The number of para-hydroxylation sites is 1. The molecular weight excluding hydrogens is 797 g/mol. The molecule has 0 saturated heterocycles. The van der Waals surface area contributed by atoms with E-state index in [0.29, 0.717) is 0 Å². The van der Waals surface area contributed by atoms with Crippen LogP contribution < -0.4 is 4.90 Å². The van der Waals surface area contributed by atoms with Gasteiger partial charge in [-0.05, 0) is 122 Å². The minimum absolute atomic E-state index is 1.08. The summed E-state index contributed by atoms with van der Waals surface area (Å²) in [5.41, 5.74) is 18.7. The van der Waals surface area contributed by atoms with E-state index in [0.717, 1.165) is 28.3 Å². The third-order valence-corrected chi connectivity index (χ3v) is 13.0. The van der Waals surface area contributed by atoms with E-state index in [1.165, 1.54) is 82.6 Å². The lowest BCUT2D eigenvalue weighted by atomic mass is 9.94. The molecule has 0 amide bonds. The number of anilines is 3. The highest BCUT2D eigenvalue weighted by Crippen LogP contribution is 2.43. The van der Waals surface area contributed by atoms with Crippen LogP contribution in [0.2, 0.25) is 0 Å². The fraction of sp³-hybridized carbons (Fsp3) is 0. The van der Waals surface area contributed by atoms with Crippen LogP contribution >= 0.6 is 0 Å². The summed E-state index contributed by atoms with van der Waals surface area (Å²) in [5, 5.41) is 5.03. The molecule has 2 nitrogen and oxygen atoms in total. The zero-order valence-electron chi connectivity index (χ0n) is 36.3. The molecule has 11 aromatic carbocycles. The summed E-state index contributed by atoms with van der Waals surface area (Å²) in [5.74, 6) is 0. The van der Waals surface area contributed by atoms with Gasteiger partial charge in [-0.3, -0.25) is 0 Å². The van der Waals surface area contributed by atoms with Gasteiger partial charge in [-0.2, -0.15) is 0 Å². The first-order valence-electron chi connectivity index (χ1n) is 22.7. The van der Waals surface area contributed by atoms with E-state index in [4.69, 9.17) is 0 Å². The third-order valence-electron chi connectivity index (χ3n) is 13.0. The van der Waals surface area contributed by atoms with Crippen molar-refractivity contribution in [3.63, 3.8) is 0 Å². The number of rotatable bonds is 9. The van der Waals surface area contributed by atoms with Crippen molar-refractivity contribution in [2.45, 2.75) is 0 Å². The number of hydrogen-bond donors (Lipinski definition) is 0. The monoisotopic (exact) mass is 840 g/mol. The number of fused-ring (bicyclic) bond motifs is 5. The van der Waals surface area contributed by atoms with E-state index in [2.05, 4.69) is 276 Å². The lowest BCUT2D eigenvalue weighted by molar-refractivity contribution is 1.19. The summed E-state index contributed by atoms with van der Waals surface area (Å²) in [4.78, 5) is 2.39. The number of nitrogens with zero attached hydrogens (tertiary/aromatic N) is 2. The van der Waals surface area contributed by atoms with Crippen LogP contribution in [-0.4, -0.2) is 4.57 Å². The molecule has 0 bridgehead atoms. The molecule has 0 aliphatic rings. The van der Waals surface area contributed by atoms with Gasteiger partial charge in [0.15, 0.2) is 0 Å². The Kier molecular flexibility index (Phi) is 9.89. The topological polar surface area (TPSA) is 8.17 Å². The molecule has 0 aliphatic carbocycles. The van der Waals surface area contributed by atoms with Crippen molar-refractivity contribution in [3.8, 4) is 61.3 Å². The number of hydrogen-bond acceptors (Lipinski definition) is 1. The predicted octanol–water partition coefficient (Wildman–Crippen LogP) is 17.7. The van der Waals surface area contributed by atoms with Gasteiger partial charge in [-0.1, -0.05) is 206 Å². The zero-order chi connectivity index (χ0) is 43.8. The minimum Gasteiger partial charge on any atom is -0.310 e. The van der Waals surface area contributed by atoms with Crippen LogP contribution in [0, 0.1) is 0 Å². The first kappa shape index (κ1) is 38.9. The fourth-order valence-electron chi connectivity index (χ4n) is 9.78. The predicted molar refractivity (Wildman–Crippen MR) is 280 cm³/mol. The molecule has 1 heterocycles. The Morgan fingerprint density at radius 2 is 0.697 bits per heavy atom. The summed E-state index contributed by atoms with van der Waals surface area (Å²) >= 11 is 0. The minimum atomic E-state index is 1.08. The first-order chi connectivity index (χ1) is 32.7. The molecule has 0 saturated carbocycles. The Hall–Kier alpha value is -8.72. The molecule has 0 N–H and O–H groups in total. The van der Waals surface area contributed by atoms with Crippen molar-refractivity contribution in [2.75, 3.05) is 4.90 Å². The summed E-state index contributed by atoms with van der Waals surface area (Å²) in [6, 6.07) is 96.8. The van der Waals surface area contributed by atoms with Crippen LogP contribution in [-0.2, 0) is 0 Å². The molecule has 1 aromatic heterocycles. The maximum Gasteiger partial charge on any atom is 0.0619 e. The number of aromatic nitrogens is 1. The highest BCUT2D eigenvalue weighted by Gasteiger charge is 2.19. The fourth-order valence-corrected chi connectivity index (χ4v) is 9.78. The van der Waals surface area contributed by atoms with Gasteiger partial charge >= 0.3 is 0 Å². The maximum atomic E-state index is 2.43. The molecule has 0 aliphatic heterocycles. The molecule has 66 heavy (non-hydrogen) atoms. The van der Waals surface area contributed by atoms with Gasteiger partial charge in [0.25, 0.3) is 0 Å². The molecule has 0 spiro atoms. The van der Waals surface area contributed by atoms with E-state index in [9.17, 15) is 0 Å². The van der Waals surface area contributed by atoms with Crippen molar-refractivity contribution in [1.82, 2.24) is 4.57 Å². The van der Waals surface area contributed by atoms with Gasteiger partial charge in [0.1, 0.15) is 0 Å². The molecular formula is C64H44N2. The standard InChI is InChI=1S/C64H44N2/c1-4-16-45(17-5-1)48-28-35-54(36-29-48)65(57-43-52(46-18-6-2-7-19-46)42-53(44-57)47-20-8-3-9-21-47)55-37-30-50(31-38-55)58-23-12-13-24-59(58)51-32-39-56(40-33-51)66-63-27-15-14-26-61(63)62-41-34-49-22-10-11-25-60(49)64(62)66/h1-44H. The zero-order valence-corrected chi connectivity index (χ0v) is 36.3. The van der Waals surface area contributed by atoms with Crippen molar-refractivity contribution < 1.29 is 0 Å². The average Bonchev–Trinajstić information content (AvgIpc) is 3.75. The van der Waals surface area contributed by atoms with Crippen molar-refractivity contribution in [3.05, 3.63) is 267 Å². The Bertz CT molecular complexity index is 3590. The van der Waals surface area contributed by atoms with Gasteiger partial charge in [0, 0.05) is 38.9 Å². The Labute approximate surface area is 385 Å². The molecule has 0 atom stereocenters. The molecule has 2 heteroatoms. The van der Waals surface area contributed by atoms with Gasteiger partial charge in [0.2, 0.25) is 0 Å². The summed E-state index contributed by atoms with van der Waals surface area (Å²) in [7, 11) is 0. The van der Waals surface area contributed by atoms with Crippen LogP contribution in [0.5, 0.6) is 0 Å². The molecule has 12 aromatic rings. The van der Waals surface area contributed by atoms with E-state index < -0.39 is 0 Å². The Morgan fingerprint density at radius 3 is 1.27 bits per heavy atom. The van der Waals surface area contributed by atoms with Gasteiger partial charge in [-0.25, -0.2) is 0 Å². The van der Waals surface area contributed by atoms with Gasteiger partial charge in [0.05, 0.1) is 11.0 Å². The second-order valence-electron chi connectivity index (χ2n) is 16.9. The van der Waals surface area contributed by atoms with Crippen LogP contribution in [0.1, 0.15) is 0 Å². The van der Waals surface area contributed by atoms with E-state index >= 15 is 0 Å². The van der Waals surface area contributed by atoms with E-state index in [-0.39, 0.29) is 0 Å². The highest BCUT2D eigenvalue weighted by molar-refractivity contribution is 6.18. The SMILES string of the molecule is c1ccc(-c2ccc(N(c3ccc(-c4ccccc4-c4ccc(-n5c6ccccc6c6ccc7ccccc7c65)cc4)cc3)c3cc(-c4ccccc4)cc(-c4ccccc4)c3)cc2)cc1. The normalized spacial score (nSPS) is 11.3.